The minimum atomic E-state index is -0.400. The Bertz CT molecular complexity index is 448. The molecule has 2 nitrogen and oxygen atoms in total. The number of aliphatic hydroxyl groups is 1. The van der Waals surface area contributed by atoms with Gasteiger partial charge in [-0.15, -0.1) is 11.3 Å². The summed E-state index contributed by atoms with van der Waals surface area (Å²) in [6, 6.07) is 11.8. The lowest BCUT2D eigenvalue weighted by Gasteiger charge is -2.11. The summed E-state index contributed by atoms with van der Waals surface area (Å²) < 4.78 is 5.38. The van der Waals surface area contributed by atoms with Crippen LogP contribution in [0.3, 0.4) is 0 Å². The van der Waals surface area contributed by atoms with Gasteiger partial charge >= 0.3 is 0 Å². The van der Waals surface area contributed by atoms with E-state index < -0.39 is 6.10 Å². The highest BCUT2D eigenvalue weighted by molar-refractivity contribution is 7.09. The second-order valence-corrected chi connectivity index (χ2v) is 5.17. The molecule has 1 unspecified atom stereocenters. The fourth-order valence-corrected chi connectivity index (χ4v) is 2.58. The Morgan fingerprint density at radius 3 is 2.61 bits per heavy atom. The normalized spacial score (nSPS) is 12.3. The first-order chi connectivity index (χ1) is 8.79. The van der Waals surface area contributed by atoms with Gasteiger partial charge in [0, 0.05) is 4.88 Å². The molecule has 1 N–H and O–H groups in total. The van der Waals surface area contributed by atoms with Gasteiger partial charge in [-0.05, 0) is 48.9 Å². The van der Waals surface area contributed by atoms with E-state index >= 15 is 0 Å². The molecular weight excluding hydrogens is 244 g/mol. The van der Waals surface area contributed by atoms with Crippen LogP contribution < -0.4 is 4.74 Å². The molecule has 0 aliphatic rings. The summed E-state index contributed by atoms with van der Waals surface area (Å²) in [5, 5.41) is 12.2. The molecule has 2 aromatic rings. The van der Waals surface area contributed by atoms with E-state index in [-0.39, 0.29) is 0 Å². The molecule has 0 aliphatic carbocycles. The van der Waals surface area contributed by atoms with Crippen LogP contribution in [0, 0.1) is 0 Å². The predicted octanol–water partition coefficient (Wildman–Crippen LogP) is 3.81. The van der Waals surface area contributed by atoms with Crippen molar-refractivity contribution in [3.63, 3.8) is 0 Å². The maximum atomic E-state index is 10.1. The first-order valence-electron chi connectivity index (χ1n) is 6.23. The first kappa shape index (κ1) is 13.1. The molecule has 1 atom stereocenters. The molecule has 96 valence electrons. The van der Waals surface area contributed by atoms with Crippen LogP contribution in [0.4, 0.5) is 0 Å². The number of hydrogen-bond acceptors (Lipinski definition) is 3. The van der Waals surface area contributed by atoms with E-state index in [9.17, 15) is 5.11 Å². The Morgan fingerprint density at radius 2 is 2.00 bits per heavy atom. The molecule has 18 heavy (non-hydrogen) atoms. The van der Waals surface area contributed by atoms with Crippen LogP contribution in [0.25, 0.3) is 0 Å². The lowest BCUT2D eigenvalue weighted by molar-refractivity contribution is 0.168. The van der Waals surface area contributed by atoms with Gasteiger partial charge < -0.3 is 9.84 Å². The van der Waals surface area contributed by atoms with Gasteiger partial charge in [0.05, 0.1) is 12.7 Å². The van der Waals surface area contributed by atoms with E-state index in [2.05, 4.69) is 11.4 Å². The number of ether oxygens (including phenoxy) is 1. The summed E-state index contributed by atoms with van der Waals surface area (Å²) >= 11 is 1.74. The predicted molar refractivity (Wildman–Crippen MR) is 75.2 cm³/mol. The number of rotatable bonds is 6. The van der Waals surface area contributed by atoms with Crippen molar-refractivity contribution in [2.24, 2.45) is 0 Å². The van der Waals surface area contributed by atoms with Gasteiger partial charge in [0.2, 0.25) is 0 Å². The van der Waals surface area contributed by atoms with E-state index in [1.54, 1.807) is 11.3 Å². The lowest BCUT2D eigenvalue weighted by atomic mass is 10.0. The van der Waals surface area contributed by atoms with Gasteiger partial charge in [-0.2, -0.15) is 0 Å². The average Bonchev–Trinajstić information content (AvgIpc) is 2.90. The molecule has 0 amide bonds. The maximum absolute atomic E-state index is 10.1. The molecule has 0 spiro atoms. The summed E-state index contributed by atoms with van der Waals surface area (Å²) in [5.41, 5.74) is 0.954. The summed E-state index contributed by atoms with van der Waals surface area (Å²) in [4.78, 5) is 1.32. The Labute approximate surface area is 112 Å². The molecule has 3 heteroatoms. The monoisotopic (exact) mass is 262 g/mol. The standard InChI is InChI=1S/C15H18O2S/c1-2-17-13-7-5-12(6-8-13)15(16)10-9-14-4-3-11-18-14/h3-8,11,15-16H,2,9-10H2,1H3. The van der Waals surface area contributed by atoms with Crippen molar-refractivity contribution >= 4 is 11.3 Å². The van der Waals surface area contributed by atoms with Gasteiger partial charge in [0.1, 0.15) is 5.75 Å². The molecule has 1 aromatic heterocycles. The van der Waals surface area contributed by atoms with Crippen molar-refractivity contribution in [2.45, 2.75) is 25.9 Å². The third-order valence-corrected chi connectivity index (χ3v) is 3.76. The topological polar surface area (TPSA) is 29.5 Å². The number of thiophene rings is 1. The summed E-state index contributed by atoms with van der Waals surface area (Å²) in [5.74, 6) is 0.853. The third kappa shape index (κ3) is 3.59. The van der Waals surface area contributed by atoms with Gasteiger partial charge in [0.25, 0.3) is 0 Å². The second-order valence-electron chi connectivity index (χ2n) is 4.14. The van der Waals surface area contributed by atoms with E-state index in [1.807, 2.05) is 37.3 Å². The lowest BCUT2D eigenvalue weighted by Crippen LogP contribution is -1.99. The average molecular weight is 262 g/mol. The highest BCUT2D eigenvalue weighted by atomic mass is 32.1. The number of benzene rings is 1. The van der Waals surface area contributed by atoms with Crippen molar-refractivity contribution < 1.29 is 9.84 Å². The molecule has 0 aliphatic heterocycles. The molecule has 0 bridgehead atoms. The second kappa shape index (κ2) is 6.57. The van der Waals surface area contributed by atoms with E-state index in [4.69, 9.17) is 4.74 Å². The molecule has 0 radical (unpaired) electrons. The highest BCUT2D eigenvalue weighted by Crippen LogP contribution is 2.23. The molecule has 0 saturated carbocycles. The number of aryl methyl sites for hydroxylation is 1. The largest absolute Gasteiger partial charge is 0.494 e. The van der Waals surface area contributed by atoms with Crippen LogP contribution in [-0.4, -0.2) is 11.7 Å². The summed E-state index contributed by atoms with van der Waals surface area (Å²) in [6.45, 7) is 2.63. The van der Waals surface area contributed by atoms with Gasteiger partial charge in [0.15, 0.2) is 0 Å². The van der Waals surface area contributed by atoms with Crippen molar-refractivity contribution in [1.29, 1.82) is 0 Å². The molecule has 0 fully saturated rings. The Kier molecular flexibility index (Phi) is 4.79. The zero-order valence-corrected chi connectivity index (χ0v) is 11.3. The van der Waals surface area contributed by atoms with Crippen molar-refractivity contribution in [1.82, 2.24) is 0 Å². The number of hydrogen-bond donors (Lipinski definition) is 1. The van der Waals surface area contributed by atoms with Gasteiger partial charge in [-0.3, -0.25) is 0 Å². The molecular formula is C15H18O2S. The SMILES string of the molecule is CCOc1ccc(C(O)CCc2cccs2)cc1. The van der Waals surface area contributed by atoms with Crippen LogP contribution in [0.5, 0.6) is 5.75 Å². The minimum absolute atomic E-state index is 0.400. The van der Waals surface area contributed by atoms with E-state index in [0.717, 1.165) is 24.2 Å². The Balaban J connectivity index is 1.89. The van der Waals surface area contributed by atoms with Gasteiger partial charge in [-0.1, -0.05) is 18.2 Å². The molecule has 2 rings (SSSR count). The fraction of sp³-hybridized carbons (Fsp3) is 0.333. The zero-order chi connectivity index (χ0) is 12.8. The van der Waals surface area contributed by atoms with Crippen LogP contribution in [0.15, 0.2) is 41.8 Å². The molecule has 1 heterocycles. The van der Waals surface area contributed by atoms with Crippen molar-refractivity contribution in [2.75, 3.05) is 6.61 Å². The third-order valence-electron chi connectivity index (χ3n) is 2.82. The smallest absolute Gasteiger partial charge is 0.119 e. The summed E-state index contributed by atoms with van der Waals surface area (Å²) in [6.07, 6.45) is 1.28. The minimum Gasteiger partial charge on any atom is -0.494 e. The highest BCUT2D eigenvalue weighted by Gasteiger charge is 2.08. The Morgan fingerprint density at radius 1 is 1.22 bits per heavy atom. The van der Waals surface area contributed by atoms with Crippen LogP contribution >= 0.6 is 11.3 Å². The van der Waals surface area contributed by atoms with E-state index in [1.165, 1.54) is 4.88 Å². The van der Waals surface area contributed by atoms with Crippen LogP contribution in [0.1, 0.15) is 29.9 Å². The van der Waals surface area contributed by atoms with Crippen LogP contribution in [0.2, 0.25) is 0 Å². The maximum Gasteiger partial charge on any atom is 0.119 e. The number of aliphatic hydroxyl groups excluding tert-OH is 1. The quantitative estimate of drug-likeness (QED) is 0.857. The molecule has 1 aromatic carbocycles. The van der Waals surface area contributed by atoms with Crippen molar-refractivity contribution in [3.8, 4) is 5.75 Å². The van der Waals surface area contributed by atoms with E-state index in [0.29, 0.717) is 6.61 Å². The van der Waals surface area contributed by atoms with Crippen LogP contribution in [-0.2, 0) is 6.42 Å². The fourth-order valence-electron chi connectivity index (χ4n) is 1.85. The Hall–Kier alpha value is -1.32. The van der Waals surface area contributed by atoms with Crippen molar-refractivity contribution in [3.05, 3.63) is 52.2 Å². The summed E-state index contributed by atoms with van der Waals surface area (Å²) in [7, 11) is 0. The zero-order valence-electron chi connectivity index (χ0n) is 10.5. The van der Waals surface area contributed by atoms with Gasteiger partial charge in [-0.25, -0.2) is 0 Å². The first-order valence-corrected chi connectivity index (χ1v) is 7.10. The molecule has 0 saturated heterocycles.